The molecule has 1 fully saturated rings. The summed E-state index contributed by atoms with van der Waals surface area (Å²) in [5, 5.41) is 3.55. The Morgan fingerprint density at radius 3 is 2.42 bits per heavy atom. The molecule has 0 spiro atoms. The van der Waals surface area contributed by atoms with E-state index in [0.29, 0.717) is 16.3 Å². The summed E-state index contributed by atoms with van der Waals surface area (Å²) in [7, 11) is -3.78. The number of aryl methyl sites for hydroxylation is 1. The van der Waals surface area contributed by atoms with Crippen molar-refractivity contribution in [1.29, 1.82) is 0 Å². The van der Waals surface area contributed by atoms with Gasteiger partial charge in [0.1, 0.15) is 12.6 Å². The summed E-state index contributed by atoms with van der Waals surface area (Å²) >= 11 is 9.79. The molecule has 2 aromatic rings. The Bertz CT molecular complexity index is 1200. The predicted molar refractivity (Wildman–Crippen MR) is 148 cm³/mol. The van der Waals surface area contributed by atoms with Gasteiger partial charge in [-0.25, -0.2) is 8.42 Å². The minimum absolute atomic E-state index is 0.0781. The average Bonchev–Trinajstić information content (AvgIpc) is 2.83. The Morgan fingerprint density at radius 1 is 1.14 bits per heavy atom. The number of carbonyl (C=O) groups excluding carboxylic acids is 2. The molecule has 7 nitrogen and oxygen atoms in total. The number of rotatable bonds is 9. The fourth-order valence-corrected chi connectivity index (χ4v) is 5.64. The number of nitrogens with one attached hydrogen (secondary N) is 1. The van der Waals surface area contributed by atoms with Crippen LogP contribution in [0, 0.1) is 6.92 Å². The molecule has 0 bridgehead atoms. The van der Waals surface area contributed by atoms with E-state index in [-0.39, 0.29) is 18.5 Å². The van der Waals surface area contributed by atoms with Gasteiger partial charge in [-0.2, -0.15) is 0 Å². The summed E-state index contributed by atoms with van der Waals surface area (Å²) in [6.45, 7) is 3.15. The highest BCUT2D eigenvalue weighted by molar-refractivity contribution is 9.10. The normalized spacial score (nSPS) is 15.2. The quantitative estimate of drug-likeness (QED) is 0.438. The van der Waals surface area contributed by atoms with E-state index in [9.17, 15) is 18.0 Å². The van der Waals surface area contributed by atoms with Crippen molar-refractivity contribution in [2.24, 2.45) is 0 Å². The second kappa shape index (κ2) is 12.4. The average molecular weight is 599 g/mol. The molecular weight excluding hydrogens is 566 g/mol. The number of hydrogen-bond donors (Lipinski definition) is 1. The summed E-state index contributed by atoms with van der Waals surface area (Å²) in [6.07, 6.45) is 6.20. The van der Waals surface area contributed by atoms with Crippen LogP contribution in [0.25, 0.3) is 0 Å². The lowest BCUT2D eigenvalue weighted by molar-refractivity contribution is -0.139. The Hall–Kier alpha value is -2.10. The summed E-state index contributed by atoms with van der Waals surface area (Å²) in [4.78, 5) is 28.3. The van der Waals surface area contributed by atoms with Gasteiger partial charge in [-0.1, -0.05) is 65.0 Å². The van der Waals surface area contributed by atoms with Crippen LogP contribution in [0.5, 0.6) is 0 Å². The van der Waals surface area contributed by atoms with Crippen LogP contribution >= 0.6 is 27.5 Å². The maximum Gasteiger partial charge on any atom is 0.244 e. The molecule has 1 aliphatic carbocycles. The van der Waals surface area contributed by atoms with E-state index in [1.807, 2.05) is 13.0 Å². The molecule has 2 aromatic carbocycles. The molecule has 0 aliphatic heterocycles. The lowest BCUT2D eigenvalue weighted by atomic mass is 9.95. The monoisotopic (exact) mass is 597 g/mol. The van der Waals surface area contributed by atoms with Crippen molar-refractivity contribution in [2.45, 2.75) is 64.6 Å². The van der Waals surface area contributed by atoms with Gasteiger partial charge in [-0.05, 0) is 62.1 Å². The molecule has 36 heavy (non-hydrogen) atoms. The van der Waals surface area contributed by atoms with E-state index in [2.05, 4.69) is 21.2 Å². The predicted octanol–water partition coefficient (Wildman–Crippen LogP) is 5.04. The van der Waals surface area contributed by atoms with Crippen LogP contribution in [-0.2, 0) is 26.2 Å². The molecule has 10 heteroatoms. The van der Waals surface area contributed by atoms with Gasteiger partial charge in [0, 0.05) is 22.1 Å². The topological polar surface area (TPSA) is 86.8 Å². The first-order valence-electron chi connectivity index (χ1n) is 12.0. The minimum Gasteiger partial charge on any atom is -0.352 e. The molecule has 1 saturated carbocycles. The van der Waals surface area contributed by atoms with Crippen LogP contribution in [0.15, 0.2) is 46.9 Å². The molecule has 0 unspecified atom stereocenters. The molecule has 196 valence electrons. The van der Waals surface area contributed by atoms with Crippen LogP contribution in [-0.4, -0.2) is 50.0 Å². The highest BCUT2D eigenvalue weighted by Gasteiger charge is 2.31. The third kappa shape index (κ3) is 7.46. The van der Waals surface area contributed by atoms with Gasteiger partial charge in [-0.3, -0.25) is 13.9 Å². The number of hydrogen-bond acceptors (Lipinski definition) is 4. The van der Waals surface area contributed by atoms with Crippen LogP contribution in [0.4, 0.5) is 5.69 Å². The molecule has 0 heterocycles. The summed E-state index contributed by atoms with van der Waals surface area (Å²) in [5.74, 6) is -0.750. The third-order valence-corrected chi connectivity index (χ3v) is 8.93. The van der Waals surface area contributed by atoms with Gasteiger partial charge in [0.2, 0.25) is 21.8 Å². The molecule has 1 N–H and O–H groups in total. The Kier molecular flexibility index (Phi) is 9.83. The summed E-state index contributed by atoms with van der Waals surface area (Å²) in [6, 6.07) is 11.5. The van der Waals surface area contributed by atoms with E-state index in [4.69, 9.17) is 11.6 Å². The summed E-state index contributed by atoms with van der Waals surface area (Å²) in [5.41, 5.74) is 1.89. The molecule has 2 amide bonds. The van der Waals surface area contributed by atoms with Gasteiger partial charge in [0.05, 0.1) is 11.9 Å². The number of amides is 2. The number of carbonyl (C=O) groups is 2. The van der Waals surface area contributed by atoms with Crippen molar-refractivity contribution < 1.29 is 18.0 Å². The molecular formula is C26H33BrClN3O4S. The first-order chi connectivity index (χ1) is 17.0. The highest BCUT2D eigenvalue weighted by atomic mass is 79.9. The zero-order valence-corrected chi connectivity index (χ0v) is 24.0. The molecule has 1 atom stereocenters. The molecule has 1 aliphatic rings. The van der Waals surface area contributed by atoms with Crippen LogP contribution in [0.1, 0.15) is 50.2 Å². The van der Waals surface area contributed by atoms with Gasteiger partial charge in [0.25, 0.3) is 0 Å². The van der Waals surface area contributed by atoms with Crippen molar-refractivity contribution in [3.63, 3.8) is 0 Å². The van der Waals surface area contributed by atoms with Gasteiger partial charge in [-0.15, -0.1) is 0 Å². The Balaban J connectivity index is 1.89. The minimum atomic E-state index is -3.78. The number of nitrogens with zero attached hydrogens (tertiary/aromatic N) is 2. The van der Waals surface area contributed by atoms with Crippen molar-refractivity contribution in [3.8, 4) is 0 Å². The van der Waals surface area contributed by atoms with E-state index < -0.39 is 28.5 Å². The zero-order chi connectivity index (χ0) is 26.5. The van der Waals surface area contributed by atoms with Crippen molar-refractivity contribution in [2.75, 3.05) is 17.1 Å². The lowest BCUT2D eigenvalue weighted by Crippen LogP contribution is -2.53. The lowest BCUT2D eigenvalue weighted by Gasteiger charge is -2.33. The smallest absolute Gasteiger partial charge is 0.244 e. The van der Waals surface area contributed by atoms with Crippen LogP contribution in [0.2, 0.25) is 5.02 Å². The van der Waals surface area contributed by atoms with E-state index in [1.165, 1.54) is 4.90 Å². The van der Waals surface area contributed by atoms with Crippen molar-refractivity contribution in [3.05, 3.63) is 63.1 Å². The number of sulfonamides is 1. The number of benzene rings is 2. The third-order valence-electron chi connectivity index (χ3n) is 6.53. The van der Waals surface area contributed by atoms with E-state index in [1.54, 1.807) is 43.3 Å². The van der Waals surface area contributed by atoms with Crippen LogP contribution < -0.4 is 9.62 Å². The highest BCUT2D eigenvalue weighted by Crippen LogP contribution is 2.26. The standard InChI is InChI=1S/C26H33BrClN3O4S/c1-18-15-22(13-14-23(18)27)31(36(3,34)35)17-25(32)30(16-20-9-7-8-12-24(20)28)19(2)26(33)29-21-10-5-4-6-11-21/h7-9,12-15,19,21H,4-6,10-11,16-17H2,1-3H3,(H,29,33)/t19-/m1/s1. The second-order valence-electron chi connectivity index (χ2n) is 9.34. The Labute approximate surface area is 227 Å². The number of anilines is 1. The SMILES string of the molecule is Cc1cc(N(CC(=O)N(Cc2ccccc2Cl)[C@H](C)C(=O)NC2CCCCC2)S(C)(=O)=O)ccc1Br. The zero-order valence-electron chi connectivity index (χ0n) is 20.8. The number of halogens is 2. The fourth-order valence-electron chi connectivity index (χ4n) is 4.36. The van der Waals surface area contributed by atoms with Gasteiger partial charge in [0.15, 0.2) is 0 Å². The van der Waals surface area contributed by atoms with Crippen molar-refractivity contribution in [1.82, 2.24) is 10.2 Å². The van der Waals surface area contributed by atoms with Gasteiger partial charge < -0.3 is 10.2 Å². The molecule has 3 rings (SSSR count). The van der Waals surface area contributed by atoms with E-state index >= 15 is 0 Å². The maximum atomic E-state index is 13.7. The molecule has 0 saturated heterocycles. The molecule has 0 radical (unpaired) electrons. The largest absolute Gasteiger partial charge is 0.352 e. The Morgan fingerprint density at radius 2 is 1.81 bits per heavy atom. The first-order valence-corrected chi connectivity index (χ1v) is 15.1. The molecule has 0 aromatic heterocycles. The van der Waals surface area contributed by atoms with Gasteiger partial charge >= 0.3 is 0 Å². The van der Waals surface area contributed by atoms with Crippen LogP contribution in [0.3, 0.4) is 0 Å². The second-order valence-corrected chi connectivity index (χ2v) is 12.5. The maximum absolute atomic E-state index is 13.7. The van der Waals surface area contributed by atoms with Crippen molar-refractivity contribution >= 4 is 55.1 Å². The van der Waals surface area contributed by atoms with E-state index in [0.717, 1.165) is 52.7 Å². The summed E-state index contributed by atoms with van der Waals surface area (Å²) < 4.78 is 27.3. The first kappa shape index (κ1) is 28.5. The fraction of sp³-hybridized carbons (Fsp3) is 0.462.